The second-order valence-electron chi connectivity index (χ2n) is 16.3. The Hall–Kier alpha value is -5.76. The summed E-state index contributed by atoms with van der Waals surface area (Å²) in [6.07, 6.45) is 6.76. The van der Waals surface area contributed by atoms with Gasteiger partial charge in [-0.2, -0.15) is 0 Å². The monoisotopic (exact) mass is 754 g/mol. The number of imidazole rings is 1. The number of hydrogen-bond acceptors (Lipinski definition) is 9. The highest BCUT2D eigenvalue weighted by Crippen LogP contribution is 2.50. The lowest BCUT2D eigenvalue weighted by atomic mass is 9.95. The number of aryl methyl sites for hydroxylation is 1. The Bertz CT molecular complexity index is 2430. The van der Waals surface area contributed by atoms with Crippen LogP contribution in [0.3, 0.4) is 0 Å². The maximum Gasteiger partial charge on any atom is 0.329 e. The topological polar surface area (TPSA) is 153 Å². The molecule has 3 N–H and O–H groups in total. The maximum absolute atomic E-state index is 13.2. The van der Waals surface area contributed by atoms with E-state index in [2.05, 4.69) is 71.7 Å². The average Bonchev–Trinajstić information content (AvgIpc) is 3.78. The molecule has 1 aliphatic carbocycles. The summed E-state index contributed by atoms with van der Waals surface area (Å²) in [5.74, 6) is 0.581. The Morgan fingerprint density at radius 1 is 0.821 bits per heavy atom. The Morgan fingerprint density at radius 3 is 2.32 bits per heavy atom. The summed E-state index contributed by atoms with van der Waals surface area (Å²) in [5.41, 5.74) is 8.03. The van der Waals surface area contributed by atoms with Gasteiger partial charge in [-0.3, -0.25) is 33.7 Å². The number of carbonyl (C=O) groups excluding carboxylic acids is 3. The molecule has 5 aromatic rings. The number of amides is 3. The lowest BCUT2D eigenvalue weighted by Gasteiger charge is -2.40. The van der Waals surface area contributed by atoms with E-state index in [0.29, 0.717) is 24.7 Å². The third-order valence-electron chi connectivity index (χ3n) is 12.9. The molecule has 3 saturated heterocycles. The third-order valence-corrected chi connectivity index (χ3v) is 12.9. The van der Waals surface area contributed by atoms with Gasteiger partial charge in [-0.05, 0) is 92.6 Å². The normalized spacial score (nSPS) is 21.4. The Morgan fingerprint density at radius 2 is 1.57 bits per heavy atom. The molecular formula is C42H46N10O4. The molecule has 10 rings (SSSR count). The first-order chi connectivity index (χ1) is 27.2. The van der Waals surface area contributed by atoms with Crippen LogP contribution >= 0.6 is 0 Å². The summed E-state index contributed by atoms with van der Waals surface area (Å²) in [4.78, 5) is 70.6. The highest BCUT2D eigenvalue weighted by molar-refractivity contribution is 6.00. The SMILES string of the molecule is Cn1c(=O)n(C2CCC(=O)NC2=O)c2ccc(N3CCC(CN4CCN(c5ccc(-c6nccc(-c7cc8c([nH]7)C7(CC7)CNC8=O)n6)cc5)CC4)CC3)cc21. The van der Waals surface area contributed by atoms with Crippen LogP contribution in [0.4, 0.5) is 11.4 Å². The van der Waals surface area contributed by atoms with Gasteiger partial charge in [-0.25, -0.2) is 14.8 Å². The highest BCUT2D eigenvalue weighted by atomic mass is 16.2. The second-order valence-corrected chi connectivity index (χ2v) is 16.3. The first-order valence-corrected chi connectivity index (χ1v) is 20.0. The lowest BCUT2D eigenvalue weighted by Crippen LogP contribution is -2.49. The average molecular weight is 755 g/mol. The fourth-order valence-corrected chi connectivity index (χ4v) is 9.38. The molecular weight excluding hydrogens is 709 g/mol. The molecule has 7 heterocycles. The number of rotatable bonds is 7. The zero-order chi connectivity index (χ0) is 38.1. The van der Waals surface area contributed by atoms with Crippen molar-refractivity contribution in [1.29, 1.82) is 0 Å². The van der Waals surface area contributed by atoms with Gasteiger partial charge in [-0.1, -0.05) is 0 Å². The molecule has 0 radical (unpaired) electrons. The van der Waals surface area contributed by atoms with Gasteiger partial charge in [-0.15, -0.1) is 0 Å². The van der Waals surface area contributed by atoms with Crippen molar-refractivity contribution in [2.75, 3.05) is 62.2 Å². The molecule has 4 fully saturated rings. The Balaban J connectivity index is 0.730. The largest absolute Gasteiger partial charge is 0.371 e. The summed E-state index contributed by atoms with van der Waals surface area (Å²) in [6, 6.07) is 17.8. The van der Waals surface area contributed by atoms with E-state index in [9.17, 15) is 19.2 Å². The van der Waals surface area contributed by atoms with Crippen LogP contribution in [-0.4, -0.2) is 99.1 Å². The van der Waals surface area contributed by atoms with Crippen molar-refractivity contribution in [3.8, 4) is 22.8 Å². The van der Waals surface area contributed by atoms with Crippen molar-refractivity contribution in [1.82, 2.24) is 39.6 Å². The summed E-state index contributed by atoms with van der Waals surface area (Å²) < 4.78 is 3.15. The molecule has 1 atom stereocenters. The molecule has 2 aromatic carbocycles. The van der Waals surface area contributed by atoms with E-state index in [1.807, 2.05) is 18.2 Å². The maximum atomic E-state index is 13.2. The molecule has 5 aliphatic rings. The molecule has 1 saturated carbocycles. The van der Waals surface area contributed by atoms with E-state index in [4.69, 9.17) is 4.98 Å². The van der Waals surface area contributed by atoms with Gasteiger partial charge >= 0.3 is 5.69 Å². The molecule has 14 heteroatoms. The van der Waals surface area contributed by atoms with Crippen molar-refractivity contribution >= 4 is 40.1 Å². The number of imide groups is 1. The molecule has 3 amide bonds. The van der Waals surface area contributed by atoms with E-state index >= 15 is 0 Å². The number of hydrogen-bond donors (Lipinski definition) is 3. The zero-order valence-corrected chi connectivity index (χ0v) is 31.6. The van der Waals surface area contributed by atoms with Gasteiger partial charge < -0.3 is 20.1 Å². The van der Waals surface area contributed by atoms with E-state index in [1.54, 1.807) is 22.4 Å². The minimum absolute atomic E-state index is 0.0167. The molecule has 288 valence electrons. The van der Waals surface area contributed by atoms with Crippen LogP contribution in [-0.2, 0) is 22.1 Å². The summed E-state index contributed by atoms with van der Waals surface area (Å²) >= 11 is 0. The summed E-state index contributed by atoms with van der Waals surface area (Å²) in [6.45, 7) is 7.75. The van der Waals surface area contributed by atoms with Gasteiger partial charge in [0.2, 0.25) is 11.8 Å². The van der Waals surface area contributed by atoms with Crippen LogP contribution in [0.1, 0.15) is 60.6 Å². The van der Waals surface area contributed by atoms with E-state index < -0.39 is 11.9 Å². The number of nitrogens with zero attached hydrogens (tertiary/aromatic N) is 7. The minimum atomic E-state index is -0.679. The van der Waals surface area contributed by atoms with Gasteiger partial charge in [0.15, 0.2) is 5.82 Å². The predicted octanol–water partition coefficient (Wildman–Crippen LogP) is 3.58. The second kappa shape index (κ2) is 13.5. The fourth-order valence-electron chi connectivity index (χ4n) is 9.38. The lowest BCUT2D eigenvalue weighted by molar-refractivity contribution is -0.135. The quantitative estimate of drug-likeness (QED) is 0.212. The van der Waals surface area contributed by atoms with Crippen LogP contribution in [0.5, 0.6) is 0 Å². The number of anilines is 2. The van der Waals surface area contributed by atoms with Crippen LogP contribution < -0.4 is 26.1 Å². The van der Waals surface area contributed by atoms with Crippen molar-refractivity contribution in [2.45, 2.75) is 50.0 Å². The van der Waals surface area contributed by atoms with Crippen LogP contribution in [0.15, 0.2) is 65.6 Å². The molecule has 3 aromatic heterocycles. The Labute approximate surface area is 323 Å². The summed E-state index contributed by atoms with van der Waals surface area (Å²) in [7, 11) is 1.75. The van der Waals surface area contributed by atoms with Crippen molar-refractivity contribution in [2.24, 2.45) is 13.0 Å². The number of piperazine rings is 1. The van der Waals surface area contributed by atoms with Crippen LogP contribution in [0.25, 0.3) is 33.8 Å². The minimum Gasteiger partial charge on any atom is -0.371 e. The van der Waals surface area contributed by atoms with Crippen LogP contribution in [0.2, 0.25) is 0 Å². The Kier molecular flexibility index (Phi) is 8.35. The fraction of sp³-hybridized carbons (Fsp3) is 0.429. The number of piperidine rings is 2. The third kappa shape index (κ3) is 6.06. The van der Waals surface area contributed by atoms with Gasteiger partial charge in [0.1, 0.15) is 6.04 Å². The zero-order valence-electron chi connectivity index (χ0n) is 31.6. The first-order valence-electron chi connectivity index (χ1n) is 20.0. The molecule has 1 spiro atoms. The number of carbonyl (C=O) groups is 3. The van der Waals surface area contributed by atoms with Crippen LogP contribution in [0, 0.1) is 5.92 Å². The van der Waals surface area contributed by atoms with Gasteiger partial charge in [0.25, 0.3) is 5.91 Å². The number of aromatic amines is 1. The molecule has 14 nitrogen and oxygen atoms in total. The van der Waals surface area contributed by atoms with Crippen molar-refractivity contribution in [3.63, 3.8) is 0 Å². The highest BCUT2D eigenvalue weighted by Gasteiger charge is 2.50. The van der Waals surface area contributed by atoms with E-state index in [1.165, 1.54) is 5.69 Å². The van der Waals surface area contributed by atoms with Crippen molar-refractivity contribution < 1.29 is 14.4 Å². The number of nitrogens with one attached hydrogen (secondary N) is 3. The predicted molar refractivity (Wildman–Crippen MR) is 213 cm³/mol. The number of aromatic nitrogens is 5. The molecule has 4 aliphatic heterocycles. The van der Waals surface area contributed by atoms with E-state index in [-0.39, 0.29) is 29.3 Å². The smallest absolute Gasteiger partial charge is 0.329 e. The first kappa shape index (κ1) is 34.7. The van der Waals surface area contributed by atoms with Gasteiger partial charge in [0, 0.05) is 100 Å². The molecule has 1 unspecified atom stereocenters. The number of H-pyrrole nitrogens is 1. The molecule has 56 heavy (non-hydrogen) atoms. The van der Waals surface area contributed by atoms with E-state index in [0.717, 1.165) is 116 Å². The number of benzene rings is 2. The molecule has 0 bridgehead atoms. The standard InChI is InChI=1S/C42H46N10O4/c1-48-35-22-29(6-7-33(35)52(41(48)56)34-8-9-36(53)47-40(34)55)50-16-11-26(12-17-50)24-49-18-20-51(21-19-49)28-4-2-27(3-5-28)38-43-15-10-31(46-38)32-23-30-37(45-32)42(13-14-42)25-44-39(30)54/h2-7,10,15,22-23,26,34,45H,8-9,11-14,16-21,24-25H2,1H3,(H,44,54)(H,47,53,55). The summed E-state index contributed by atoms with van der Waals surface area (Å²) in [5, 5.41) is 5.43. The number of fused-ring (bicyclic) bond motifs is 3. The van der Waals surface area contributed by atoms with Crippen molar-refractivity contribution in [3.05, 3.63) is 82.5 Å². The van der Waals surface area contributed by atoms with Gasteiger partial charge in [0.05, 0.1) is 28.0 Å².